The Kier molecular flexibility index (Phi) is 3.92. The van der Waals surface area contributed by atoms with Crippen molar-refractivity contribution in [2.75, 3.05) is 0 Å². The summed E-state index contributed by atoms with van der Waals surface area (Å²) in [5.74, 6) is 0. The van der Waals surface area contributed by atoms with Crippen molar-refractivity contribution in [3.8, 4) is 0 Å². The third-order valence-electron chi connectivity index (χ3n) is 0.316. The molecule has 0 radical (unpaired) electrons. The Morgan fingerprint density at radius 1 is 1.11 bits per heavy atom. The summed E-state index contributed by atoms with van der Waals surface area (Å²) in [4.78, 5) is 18.6. The van der Waals surface area contributed by atoms with Crippen LogP contribution in [0.25, 0.3) is 0 Å². The molecule has 48 valence electrons. The van der Waals surface area contributed by atoms with E-state index in [-0.39, 0.29) is 0 Å². The van der Waals surface area contributed by atoms with Crippen molar-refractivity contribution in [1.82, 2.24) is 0 Å². The van der Waals surface area contributed by atoms with E-state index in [4.69, 9.17) is 0 Å². The molecule has 0 heterocycles. The molecule has 0 aromatic carbocycles. The van der Waals surface area contributed by atoms with Gasteiger partial charge in [0.05, 0.1) is 0 Å². The monoisotopic (exact) mass is 326 g/mol. The second-order valence-electron chi connectivity index (χ2n) is 0.823. The molecule has 9 heteroatoms. The summed E-state index contributed by atoms with van der Waals surface area (Å²) in [6, 6.07) is 0. The number of nitrogens with zero attached hydrogens (tertiary/aromatic N) is 2. The van der Waals surface area contributed by atoms with Crippen LogP contribution >= 0.6 is 0 Å². The molecule has 0 unspecified atom stereocenters. The van der Waals surface area contributed by atoms with Gasteiger partial charge in [-0.25, -0.2) is 0 Å². The van der Waals surface area contributed by atoms with Crippen molar-refractivity contribution in [2.24, 2.45) is 0 Å². The van der Waals surface area contributed by atoms with Crippen LogP contribution in [0, 0.1) is 20.2 Å². The molecule has 0 rings (SSSR count). The standard InChI is InChI=1S/Hg.2NO3/c;2*2-1(3)4/q+2;2*-1. The molecule has 0 aromatic heterocycles. The summed E-state index contributed by atoms with van der Waals surface area (Å²) >= 11 is -2.74. The first-order valence-corrected chi connectivity index (χ1v) is 6.16. The summed E-state index contributed by atoms with van der Waals surface area (Å²) in [6.07, 6.45) is 0. The van der Waals surface area contributed by atoms with Gasteiger partial charge in [0.1, 0.15) is 0 Å². The third-order valence-corrected chi connectivity index (χ3v) is 2.77. The zero-order valence-corrected chi connectivity index (χ0v) is 9.55. The topological polar surface area (TPSA) is 105 Å². The van der Waals surface area contributed by atoms with Gasteiger partial charge in [-0.05, 0) is 0 Å². The maximum absolute atomic E-state index is 9.32. The van der Waals surface area contributed by atoms with Crippen molar-refractivity contribution in [3.63, 3.8) is 0 Å². The maximum atomic E-state index is 9.32. The second kappa shape index (κ2) is 4.24. The van der Waals surface area contributed by atoms with Crippen molar-refractivity contribution in [2.45, 2.75) is 0 Å². The van der Waals surface area contributed by atoms with E-state index in [0.29, 0.717) is 0 Å². The number of rotatable bonds is 4. The predicted molar refractivity (Wildman–Crippen MR) is 16.2 cm³/mol. The van der Waals surface area contributed by atoms with Crippen LogP contribution in [0.5, 0.6) is 0 Å². The first-order valence-electron chi connectivity index (χ1n) is 1.67. The molecular formula is HgN2O6. The fourth-order valence-corrected chi connectivity index (χ4v) is 0.962. The van der Waals surface area contributed by atoms with Crippen molar-refractivity contribution >= 4 is 0 Å². The molecule has 8 nitrogen and oxygen atoms in total. The summed E-state index contributed by atoms with van der Waals surface area (Å²) in [7, 11) is 0. The summed E-state index contributed by atoms with van der Waals surface area (Å²) < 4.78 is 7.27. The van der Waals surface area contributed by atoms with E-state index in [2.05, 4.69) is 5.49 Å². The van der Waals surface area contributed by atoms with Crippen LogP contribution in [0.4, 0.5) is 0 Å². The minimum atomic E-state index is -2.74. The molecule has 0 bridgehead atoms. The minimum absolute atomic E-state index is 1.09. The predicted octanol–water partition coefficient (Wildman–Crippen LogP) is -0.685. The Morgan fingerprint density at radius 3 is 1.67 bits per heavy atom. The van der Waals surface area contributed by atoms with E-state index in [0.717, 1.165) is 0 Å². The van der Waals surface area contributed by atoms with Crippen LogP contribution in [0.3, 0.4) is 0 Å². The Bertz CT molecular complexity index is 106. The quantitative estimate of drug-likeness (QED) is 0.385. The second-order valence-corrected chi connectivity index (χ2v) is 3.75. The van der Waals surface area contributed by atoms with Crippen LogP contribution in [0.15, 0.2) is 0 Å². The van der Waals surface area contributed by atoms with Crippen LogP contribution in [-0.2, 0) is 31.0 Å². The summed E-state index contributed by atoms with van der Waals surface area (Å²) in [5.41, 5.74) is 0. The molecule has 0 amide bonds. The molecule has 0 aliphatic heterocycles. The Balaban J connectivity index is 3.10. The van der Waals surface area contributed by atoms with Gasteiger partial charge in [-0.2, -0.15) is 0 Å². The Morgan fingerprint density at radius 2 is 1.44 bits per heavy atom. The van der Waals surface area contributed by atoms with Crippen molar-refractivity contribution in [1.29, 1.82) is 0 Å². The SMILES string of the molecule is O=[N+]([O-])[O][Hg][O][N+](=O)[O-]. The van der Waals surface area contributed by atoms with Gasteiger partial charge >= 0.3 is 61.4 Å². The normalized spacial score (nSPS) is 7.11. The van der Waals surface area contributed by atoms with Crippen LogP contribution < -0.4 is 0 Å². The molecule has 0 aromatic rings. The van der Waals surface area contributed by atoms with Crippen LogP contribution in [0.1, 0.15) is 0 Å². The van der Waals surface area contributed by atoms with E-state index in [1.807, 2.05) is 0 Å². The molecule has 0 aliphatic carbocycles. The first-order chi connectivity index (χ1) is 4.13. The molecule has 0 aliphatic rings. The fourth-order valence-electron chi connectivity index (χ4n) is 0.110. The summed E-state index contributed by atoms with van der Waals surface area (Å²) in [6.45, 7) is 0. The fraction of sp³-hybridized carbons (Fsp3) is 0. The third kappa shape index (κ3) is 7.34. The van der Waals surface area contributed by atoms with Gasteiger partial charge in [-0.3, -0.25) is 0 Å². The average Bonchev–Trinajstić information content (AvgIpc) is 1.63. The van der Waals surface area contributed by atoms with E-state index in [9.17, 15) is 20.2 Å². The van der Waals surface area contributed by atoms with Crippen molar-refractivity contribution in [3.05, 3.63) is 20.2 Å². The zero-order chi connectivity index (χ0) is 7.28. The van der Waals surface area contributed by atoms with E-state index < -0.39 is 35.7 Å². The molecule has 0 atom stereocenters. The van der Waals surface area contributed by atoms with Crippen LogP contribution in [-0.4, -0.2) is 10.2 Å². The molecular weight excluding hydrogens is 325 g/mol. The average molecular weight is 325 g/mol. The Labute approximate surface area is 61.7 Å². The molecule has 9 heavy (non-hydrogen) atoms. The van der Waals surface area contributed by atoms with Gasteiger partial charge in [0.2, 0.25) is 0 Å². The van der Waals surface area contributed by atoms with Crippen LogP contribution in [0.2, 0.25) is 0 Å². The van der Waals surface area contributed by atoms with E-state index in [1.165, 1.54) is 0 Å². The number of hydrogen-bond acceptors (Lipinski definition) is 6. The van der Waals surface area contributed by atoms with Gasteiger partial charge in [0.25, 0.3) is 0 Å². The van der Waals surface area contributed by atoms with Crippen molar-refractivity contribution < 1.29 is 41.2 Å². The molecule has 0 saturated heterocycles. The molecule has 0 N–H and O–H groups in total. The number of hydrogen-bond donors (Lipinski definition) is 0. The first kappa shape index (κ1) is 8.34. The van der Waals surface area contributed by atoms with Gasteiger partial charge < -0.3 is 0 Å². The molecule has 0 fully saturated rings. The van der Waals surface area contributed by atoms with Gasteiger partial charge in [-0.15, -0.1) is 0 Å². The van der Waals surface area contributed by atoms with E-state index in [1.54, 1.807) is 0 Å². The molecule has 0 saturated carbocycles. The van der Waals surface area contributed by atoms with Gasteiger partial charge in [-0.1, -0.05) is 0 Å². The summed E-state index contributed by atoms with van der Waals surface area (Å²) in [5, 5.41) is 16.4. The Hall–Kier alpha value is -0.665. The van der Waals surface area contributed by atoms with E-state index >= 15 is 0 Å². The zero-order valence-electron chi connectivity index (χ0n) is 4.05. The van der Waals surface area contributed by atoms with Gasteiger partial charge in [0, 0.05) is 0 Å². The molecule has 0 spiro atoms. The van der Waals surface area contributed by atoms with Gasteiger partial charge in [0.15, 0.2) is 0 Å².